The fraction of sp³-hybridized carbons (Fsp3) is 0.423. The molecule has 1 saturated heterocycles. The number of aromatic amines is 1. The average Bonchev–Trinajstić information content (AvgIpc) is 3.65. The van der Waals surface area contributed by atoms with Gasteiger partial charge in [-0.25, -0.2) is 9.78 Å². The van der Waals surface area contributed by atoms with Crippen LogP contribution >= 0.6 is 0 Å². The number of aryl methyl sites for hydroxylation is 1. The van der Waals surface area contributed by atoms with Gasteiger partial charge in [0.1, 0.15) is 5.65 Å². The number of anilines is 1. The van der Waals surface area contributed by atoms with Gasteiger partial charge in [-0.2, -0.15) is 0 Å². The number of hydrogen-bond donors (Lipinski definition) is 1. The van der Waals surface area contributed by atoms with Crippen LogP contribution in [0.25, 0.3) is 11.0 Å². The number of para-hydroxylation sites is 1. The summed E-state index contributed by atoms with van der Waals surface area (Å²) in [5.41, 5.74) is 2.33. The van der Waals surface area contributed by atoms with E-state index in [1.165, 1.54) is 10.1 Å². The summed E-state index contributed by atoms with van der Waals surface area (Å²) in [5.74, 6) is 0.0863. The summed E-state index contributed by atoms with van der Waals surface area (Å²) in [4.78, 5) is 64.0. The van der Waals surface area contributed by atoms with Crippen LogP contribution in [0.2, 0.25) is 0 Å². The molecule has 36 heavy (non-hydrogen) atoms. The molecule has 1 N–H and O–H groups in total. The zero-order chi connectivity index (χ0) is 25.0. The number of nitrogens with one attached hydrogen (secondary N) is 1. The summed E-state index contributed by atoms with van der Waals surface area (Å²) in [5, 5.41) is 0.150. The van der Waals surface area contributed by atoms with E-state index in [0.29, 0.717) is 39.3 Å². The molecule has 0 radical (unpaired) electrons. The number of aromatic nitrogens is 3. The highest BCUT2D eigenvalue weighted by atomic mass is 16.2. The Morgan fingerprint density at radius 1 is 1.06 bits per heavy atom. The molecule has 2 aromatic heterocycles. The molecular formula is C26H28N6O4. The van der Waals surface area contributed by atoms with Crippen LogP contribution in [0.4, 0.5) is 5.69 Å². The molecule has 1 aliphatic carbocycles. The van der Waals surface area contributed by atoms with Gasteiger partial charge >= 0.3 is 5.69 Å². The first-order valence-corrected chi connectivity index (χ1v) is 12.4. The smallest absolute Gasteiger partial charge is 0.329 e. The fourth-order valence-corrected chi connectivity index (χ4v) is 5.27. The standard InChI is InChI=1S/C26H28N6O4/c1-29-23-22(24(34)28-26(29)36)18(14-19(27-23)16-6-7-16)25(35)31-12-10-30(11-13-31)15-21(33)32-9-8-17-4-2-3-5-20(17)32/h2-5,14,16H,6-13,15H2,1H3,(H,28,34,36). The zero-order valence-corrected chi connectivity index (χ0v) is 20.2. The van der Waals surface area contributed by atoms with Crippen molar-refractivity contribution in [3.63, 3.8) is 0 Å². The summed E-state index contributed by atoms with van der Waals surface area (Å²) < 4.78 is 1.29. The highest BCUT2D eigenvalue weighted by Crippen LogP contribution is 2.40. The maximum Gasteiger partial charge on any atom is 0.329 e. The van der Waals surface area contributed by atoms with E-state index in [-0.39, 0.29) is 34.3 Å². The Morgan fingerprint density at radius 3 is 2.56 bits per heavy atom. The van der Waals surface area contributed by atoms with E-state index in [1.807, 2.05) is 23.1 Å². The second kappa shape index (κ2) is 8.70. The highest BCUT2D eigenvalue weighted by Gasteiger charge is 2.32. The first-order chi connectivity index (χ1) is 17.4. The first kappa shape index (κ1) is 22.7. The van der Waals surface area contributed by atoms with Crippen molar-refractivity contribution in [3.8, 4) is 0 Å². The second-order valence-electron chi connectivity index (χ2n) is 9.88. The van der Waals surface area contributed by atoms with Gasteiger partial charge in [0.25, 0.3) is 11.5 Å². The Bertz CT molecular complexity index is 1500. The van der Waals surface area contributed by atoms with Crippen LogP contribution in [0, 0.1) is 0 Å². The van der Waals surface area contributed by atoms with E-state index in [9.17, 15) is 19.2 Å². The minimum absolute atomic E-state index is 0.0707. The molecule has 0 atom stereocenters. The van der Waals surface area contributed by atoms with Crippen molar-refractivity contribution in [2.24, 2.45) is 7.05 Å². The number of H-pyrrole nitrogens is 1. The van der Waals surface area contributed by atoms with E-state index in [4.69, 9.17) is 0 Å². The van der Waals surface area contributed by atoms with Gasteiger partial charge in [0.15, 0.2) is 0 Å². The van der Waals surface area contributed by atoms with Gasteiger partial charge in [0, 0.05) is 57.1 Å². The van der Waals surface area contributed by atoms with Crippen molar-refractivity contribution in [1.82, 2.24) is 24.3 Å². The molecule has 0 unspecified atom stereocenters. The lowest BCUT2D eigenvalue weighted by atomic mass is 10.1. The van der Waals surface area contributed by atoms with Crippen LogP contribution in [-0.2, 0) is 18.3 Å². The van der Waals surface area contributed by atoms with Gasteiger partial charge in [-0.1, -0.05) is 18.2 Å². The number of nitrogens with zero attached hydrogens (tertiary/aromatic N) is 5. The Kier molecular flexibility index (Phi) is 5.48. The van der Waals surface area contributed by atoms with Gasteiger partial charge in [-0.05, 0) is 37.0 Å². The predicted molar refractivity (Wildman–Crippen MR) is 134 cm³/mol. The molecule has 10 heteroatoms. The van der Waals surface area contributed by atoms with E-state index in [2.05, 4.69) is 20.9 Å². The normalized spacial score (nSPS) is 18.0. The van der Waals surface area contributed by atoms with Gasteiger partial charge < -0.3 is 9.80 Å². The van der Waals surface area contributed by atoms with Crippen LogP contribution in [0.1, 0.15) is 40.4 Å². The topological polar surface area (TPSA) is 112 Å². The molecule has 2 aliphatic heterocycles. The average molecular weight is 489 g/mol. The molecule has 10 nitrogen and oxygen atoms in total. The summed E-state index contributed by atoms with van der Waals surface area (Å²) in [6.07, 6.45) is 2.84. The first-order valence-electron chi connectivity index (χ1n) is 12.4. The lowest BCUT2D eigenvalue weighted by molar-refractivity contribution is -0.120. The molecule has 0 bridgehead atoms. The Balaban J connectivity index is 1.19. The maximum absolute atomic E-state index is 13.6. The number of rotatable bonds is 4. The molecular weight excluding hydrogens is 460 g/mol. The highest BCUT2D eigenvalue weighted by molar-refractivity contribution is 6.05. The quantitative estimate of drug-likeness (QED) is 0.583. The van der Waals surface area contributed by atoms with Crippen LogP contribution in [0.3, 0.4) is 0 Å². The largest absolute Gasteiger partial charge is 0.336 e. The van der Waals surface area contributed by atoms with E-state index >= 15 is 0 Å². The molecule has 1 saturated carbocycles. The molecule has 3 aliphatic rings. The monoisotopic (exact) mass is 488 g/mol. The number of amides is 2. The van der Waals surface area contributed by atoms with Crippen molar-refractivity contribution in [2.75, 3.05) is 44.2 Å². The molecule has 6 rings (SSSR count). The van der Waals surface area contributed by atoms with Crippen LogP contribution in [-0.4, -0.2) is 75.4 Å². The molecule has 2 amide bonds. The van der Waals surface area contributed by atoms with Crippen molar-refractivity contribution < 1.29 is 9.59 Å². The summed E-state index contributed by atoms with van der Waals surface area (Å²) in [7, 11) is 1.55. The number of piperazine rings is 1. The maximum atomic E-state index is 13.6. The van der Waals surface area contributed by atoms with E-state index < -0.39 is 11.2 Å². The third kappa shape index (κ3) is 3.91. The summed E-state index contributed by atoms with van der Waals surface area (Å²) in [6, 6.07) is 9.73. The van der Waals surface area contributed by atoms with Crippen molar-refractivity contribution in [3.05, 3.63) is 68.0 Å². The van der Waals surface area contributed by atoms with Gasteiger partial charge in [-0.3, -0.25) is 28.8 Å². The number of carbonyl (C=O) groups excluding carboxylic acids is 2. The zero-order valence-electron chi connectivity index (χ0n) is 20.2. The molecule has 2 fully saturated rings. The Labute approximate surface area is 207 Å². The minimum atomic E-state index is -0.596. The molecule has 1 aromatic carbocycles. The SMILES string of the molecule is Cn1c(=O)[nH]c(=O)c2c(C(=O)N3CCN(CC(=O)N4CCc5ccccc54)CC3)cc(C3CC3)nc21. The minimum Gasteiger partial charge on any atom is -0.336 e. The summed E-state index contributed by atoms with van der Waals surface area (Å²) in [6.45, 7) is 3.05. The molecule has 4 heterocycles. The van der Waals surface area contributed by atoms with Gasteiger partial charge in [0.05, 0.1) is 17.5 Å². The van der Waals surface area contributed by atoms with E-state index in [0.717, 1.165) is 30.6 Å². The number of benzene rings is 1. The van der Waals surface area contributed by atoms with Crippen LogP contribution in [0.15, 0.2) is 39.9 Å². The molecule has 0 spiro atoms. The van der Waals surface area contributed by atoms with Crippen LogP contribution < -0.4 is 16.1 Å². The van der Waals surface area contributed by atoms with Crippen molar-refractivity contribution in [1.29, 1.82) is 0 Å². The third-order valence-corrected chi connectivity index (χ3v) is 7.52. The number of hydrogen-bond acceptors (Lipinski definition) is 6. The van der Waals surface area contributed by atoms with Gasteiger partial charge in [-0.15, -0.1) is 0 Å². The number of carbonyl (C=O) groups is 2. The lowest BCUT2D eigenvalue weighted by Crippen LogP contribution is -2.51. The molecule has 3 aromatic rings. The van der Waals surface area contributed by atoms with Crippen molar-refractivity contribution in [2.45, 2.75) is 25.2 Å². The van der Waals surface area contributed by atoms with Crippen LogP contribution in [0.5, 0.6) is 0 Å². The Hall–Kier alpha value is -3.79. The van der Waals surface area contributed by atoms with E-state index in [1.54, 1.807) is 18.0 Å². The Morgan fingerprint density at radius 2 is 1.81 bits per heavy atom. The molecule has 186 valence electrons. The van der Waals surface area contributed by atoms with Gasteiger partial charge in [0.2, 0.25) is 5.91 Å². The van der Waals surface area contributed by atoms with Crippen molar-refractivity contribution >= 4 is 28.5 Å². The number of pyridine rings is 1. The third-order valence-electron chi connectivity index (χ3n) is 7.52. The number of fused-ring (bicyclic) bond motifs is 2. The lowest BCUT2D eigenvalue weighted by Gasteiger charge is -2.35. The fourth-order valence-electron chi connectivity index (χ4n) is 5.27. The summed E-state index contributed by atoms with van der Waals surface area (Å²) >= 11 is 0. The predicted octanol–water partition coefficient (Wildman–Crippen LogP) is 0.846. The second-order valence-corrected chi connectivity index (χ2v) is 9.88.